The maximum atomic E-state index is 12.3. The molecule has 136 valence electrons. The first-order chi connectivity index (χ1) is 12.6. The first-order valence-electron chi connectivity index (χ1n) is 8.67. The van der Waals surface area contributed by atoms with Gasteiger partial charge in [-0.15, -0.1) is 11.3 Å². The van der Waals surface area contributed by atoms with Gasteiger partial charge in [-0.1, -0.05) is 0 Å². The van der Waals surface area contributed by atoms with Crippen LogP contribution in [0.3, 0.4) is 0 Å². The SMILES string of the molecule is Cc1ccsc1-c1nc(CN2CCN(C(=O)c3ccco3)CC2)c(C)o1. The molecular weight excluding hydrogens is 350 g/mol. The minimum Gasteiger partial charge on any atom is -0.459 e. The van der Waals surface area contributed by atoms with Crippen LogP contribution in [0.25, 0.3) is 10.8 Å². The Morgan fingerprint density at radius 1 is 1.23 bits per heavy atom. The molecule has 7 heteroatoms. The normalized spacial score (nSPS) is 15.5. The van der Waals surface area contributed by atoms with E-state index in [2.05, 4.69) is 23.3 Å². The lowest BCUT2D eigenvalue weighted by atomic mass is 10.2. The van der Waals surface area contributed by atoms with Crippen LogP contribution >= 0.6 is 11.3 Å². The Bertz CT molecular complexity index is 889. The number of amides is 1. The van der Waals surface area contributed by atoms with Crippen LogP contribution in [0.1, 0.15) is 27.6 Å². The van der Waals surface area contributed by atoms with E-state index in [0.29, 0.717) is 24.7 Å². The van der Waals surface area contributed by atoms with Gasteiger partial charge in [0, 0.05) is 32.7 Å². The zero-order valence-electron chi connectivity index (χ0n) is 14.9. The van der Waals surface area contributed by atoms with Crippen molar-refractivity contribution in [3.05, 3.63) is 52.6 Å². The molecule has 3 aromatic heterocycles. The van der Waals surface area contributed by atoms with Crippen molar-refractivity contribution >= 4 is 17.2 Å². The minimum atomic E-state index is -0.0391. The maximum absolute atomic E-state index is 12.3. The molecule has 1 saturated heterocycles. The van der Waals surface area contributed by atoms with Crippen molar-refractivity contribution in [2.75, 3.05) is 26.2 Å². The number of thiophene rings is 1. The summed E-state index contributed by atoms with van der Waals surface area (Å²) in [4.78, 5) is 22.3. The van der Waals surface area contributed by atoms with Gasteiger partial charge in [0.15, 0.2) is 5.76 Å². The first kappa shape index (κ1) is 17.1. The fraction of sp³-hybridized carbons (Fsp3) is 0.368. The fourth-order valence-electron chi connectivity index (χ4n) is 3.14. The molecule has 4 rings (SSSR count). The molecule has 1 amide bonds. The van der Waals surface area contributed by atoms with Crippen molar-refractivity contribution in [3.8, 4) is 10.8 Å². The predicted molar refractivity (Wildman–Crippen MR) is 99.2 cm³/mol. The second-order valence-electron chi connectivity index (χ2n) is 6.50. The Morgan fingerprint density at radius 3 is 2.69 bits per heavy atom. The molecule has 0 aromatic carbocycles. The number of aromatic nitrogens is 1. The Balaban J connectivity index is 1.38. The average Bonchev–Trinajstić information content (AvgIpc) is 3.37. The van der Waals surface area contributed by atoms with Gasteiger partial charge in [0.1, 0.15) is 5.76 Å². The van der Waals surface area contributed by atoms with Crippen molar-refractivity contribution in [1.29, 1.82) is 0 Å². The molecule has 0 atom stereocenters. The van der Waals surface area contributed by atoms with Gasteiger partial charge < -0.3 is 13.7 Å². The molecular formula is C19H21N3O3S. The molecule has 0 unspecified atom stereocenters. The summed E-state index contributed by atoms with van der Waals surface area (Å²) in [5.41, 5.74) is 2.16. The maximum Gasteiger partial charge on any atom is 0.289 e. The van der Waals surface area contributed by atoms with Crippen LogP contribution in [-0.4, -0.2) is 46.9 Å². The summed E-state index contributed by atoms with van der Waals surface area (Å²) in [5, 5.41) is 2.05. The summed E-state index contributed by atoms with van der Waals surface area (Å²) < 4.78 is 11.1. The topological polar surface area (TPSA) is 62.7 Å². The van der Waals surface area contributed by atoms with E-state index in [-0.39, 0.29) is 5.91 Å². The largest absolute Gasteiger partial charge is 0.459 e. The number of hydrogen-bond donors (Lipinski definition) is 0. The van der Waals surface area contributed by atoms with E-state index in [1.807, 2.05) is 11.8 Å². The molecule has 0 N–H and O–H groups in total. The van der Waals surface area contributed by atoms with Gasteiger partial charge in [-0.25, -0.2) is 4.98 Å². The van der Waals surface area contributed by atoms with E-state index in [1.165, 1.54) is 11.8 Å². The van der Waals surface area contributed by atoms with E-state index in [1.54, 1.807) is 23.5 Å². The van der Waals surface area contributed by atoms with E-state index in [0.717, 1.165) is 36.0 Å². The Hall–Kier alpha value is -2.38. The zero-order chi connectivity index (χ0) is 18.1. The van der Waals surface area contributed by atoms with E-state index >= 15 is 0 Å². The highest BCUT2D eigenvalue weighted by Crippen LogP contribution is 2.30. The van der Waals surface area contributed by atoms with Crippen molar-refractivity contribution in [3.63, 3.8) is 0 Å². The zero-order valence-corrected chi connectivity index (χ0v) is 15.7. The molecule has 0 aliphatic carbocycles. The van der Waals surface area contributed by atoms with Crippen LogP contribution in [0.15, 0.2) is 38.7 Å². The summed E-state index contributed by atoms with van der Waals surface area (Å²) in [6.45, 7) is 7.77. The number of rotatable bonds is 4. The molecule has 6 nitrogen and oxygen atoms in total. The van der Waals surface area contributed by atoms with Crippen LogP contribution in [0, 0.1) is 13.8 Å². The lowest BCUT2D eigenvalue weighted by Gasteiger charge is -2.33. The van der Waals surface area contributed by atoms with Gasteiger partial charge in [0.2, 0.25) is 5.89 Å². The number of nitrogens with zero attached hydrogens (tertiary/aromatic N) is 3. The second-order valence-corrected chi connectivity index (χ2v) is 7.42. The van der Waals surface area contributed by atoms with E-state index < -0.39 is 0 Å². The number of furan rings is 1. The Morgan fingerprint density at radius 2 is 2.04 bits per heavy atom. The van der Waals surface area contributed by atoms with Crippen LogP contribution in [0.2, 0.25) is 0 Å². The molecule has 0 bridgehead atoms. The number of carbonyl (C=O) groups is 1. The number of hydrogen-bond acceptors (Lipinski definition) is 6. The predicted octanol–water partition coefficient (Wildman–Crippen LogP) is 3.57. The number of oxazole rings is 1. The van der Waals surface area contributed by atoms with Crippen molar-refractivity contribution < 1.29 is 13.6 Å². The van der Waals surface area contributed by atoms with Crippen LogP contribution in [-0.2, 0) is 6.54 Å². The molecule has 1 aliphatic heterocycles. The standard InChI is InChI=1S/C19H21N3O3S/c1-13-5-11-26-17(13)18-20-15(14(2)25-18)12-21-6-8-22(9-7-21)19(23)16-4-3-10-24-16/h3-5,10-11H,6-9,12H2,1-2H3. The van der Waals surface area contributed by atoms with Crippen molar-refractivity contribution in [1.82, 2.24) is 14.8 Å². The molecule has 0 radical (unpaired) electrons. The average molecular weight is 371 g/mol. The van der Waals surface area contributed by atoms with Crippen molar-refractivity contribution in [2.24, 2.45) is 0 Å². The van der Waals surface area contributed by atoms with Crippen LogP contribution in [0.4, 0.5) is 0 Å². The highest BCUT2D eigenvalue weighted by atomic mass is 32.1. The Labute approximate surface area is 156 Å². The summed E-state index contributed by atoms with van der Waals surface area (Å²) in [6, 6.07) is 5.53. The van der Waals surface area contributed by atoms with Gasteiger partial charge in [0.25, 0.3) is 5.91 Å². The molecule has 3 aromatic rings. The molecule has 0 saturated carbocycles. The lowest BCUT2D eigenvalue weighted by molar-refractivity contribution is 0.0596. The van der Waals surface area contributed by atoms with Gasteiger partial charge in [-0.05, 0) is 43.0 Å². The van der Waals surface area contributed by atoms with Gasteiger partial charge in [-0.3, -0.25) is 9.69 Å². The third-order valence-electron chi connectivity index (χ3n) is 4.71. The summed E-state index contributed by atoms with van der Waals surface area (Å²) >= 11 is 1.65. The quantitative estimate of drug-likeness (QED) is 0.702. The minimum absolute atomic E-state index is 0.0391. The molecule has 4 heterocycles. The number of piperazine rings is 1. The molecule has 0 spiro atoms. The summed E-state index contributed by atoms with van der Waals surface area (Å²) in [5.74, 6) is 1.93. The van der Waals surface area contributed by atoms with Crippen LogP contribution < -0.4 is 0 Å². The third-order valence-corrected chi connectivity index (χ3v) is 5.72. The van der Waals surface area contributed by atoms with Crippen molar-refractivity contribution in [2.45, 2.75) is 20.4 Å². The summed E-state index contributed by atoms with van der Waals surface area (Å²) in [6.07, 6.45) is 1.53. The van der Waals surface area contributed by atoms with E-state index in [9.17, 15) is 4.79 Å². The van der Waals surface area contributed by atoms with Gasteiger partial charge >= 0.3 is 0 Å². The monoisotopic (exact) mass is 371 g/mol. The Kier molecular flexibility index (Phi) is 4.65. The molecule has 1 aliphatic rings. The smallest absolute Gasteiger partial charge is 0.289 e. The molecule has 26 heavy (non-hydrogen) atoms. The first-order valence-corrected chi connectivity index (χ1v) is 9.55. The van der Waals surface area contributed by atoms with Crippen LogP contribution in [0.5, 0.6) is 0 Å². The van der Waals surface area contributed by atoms with Gasteiger partial charge in [-0.2, -0.15) is 0 Å². The highest BCUT2D eigenvalue weighted by molar-refractivity contribution is 7.13. The third kappa shape index (κ3) is 3.32. The van der Waals surface area contributed by atoms with E-state index in [4.69, 9.17) is 13.8 Å². The number of aryl methyl sites for hydroxylation is 2. The summed E-state index contributed by atoms with van der Waals surface area (Å²) in [7, 11) is 0. The lowest BCUT2D eigenvalue weighted by Crippen LogP contribution is -2.48. The number of carbonyl (C=O) groups excluding carboxylic acids is 1. The highest BCUT2D eigenvalue weighted by Gasteiger charge is 2.25. The van der Waals surface area contributed by atoms with Gasteiger partial charge in [0.05, 0.1) is 16.8 Å². The molecule has 1 fully saturated rings. The fourth-order valence-corrected chi connectivity index (χ4v) is 3.99. The second kappa shape index (κ2) is 7.09.